The van der Waals surface area contributed by atoms with Gasteiger partial charge in [0.1, 0.15) is 0 Å². The zero-order valence-corrected chi connectivity index (χ0v) is 13.2. The van der Waals surface area contributed by atoms with E-state index in [2.05, 4.69) is 4.72 Å². The van der Waals surface area contributed by atoms with Gasteiger partial charge in [0.2, 0.25) is 5.91 Å². The van der Waals surface area contributed by atoms with Gasteiger partial charge < -0.3 is 10.5 Å². The molecule has 0 unspecified atom stereocenters. The minimum atomic E-state index is -4.05. The van der Waals surface area contributed by atoms with Crippen LogP contribution in [0, 0.1) is 10.1 Å². The van der Waals surface area contributed by atoms with Gasteiger partial charge in [-0.2, -0.15) is 0 Å². The lowest BCUT2D eigenvalue weighted by atomic mass is 10.2. The molecule has 0 aromatic heterocycles. The molecule has 24 heavy (non-hydrogen) atoms. The number of ether oxygens (including phenoxy) is 1. The molecule has 0 aliphatic rings. The Morgan fingerprint density at radius 3 is 2.33 bits per heavy atom. The number of nitrogens with zero attached hydrogens (tertiary/aromatic N) is 1. The maximum Gasteiger partial charge on any atom is 0.312 e. The van der Waals surface area contributed by atoms with Gasteiger partial charge in [0.25, 0.3) is 10.0 Å². The van der Waals surface area contributed by atoms with Crippen LogP contribution in [0.15, 0.2) is 47.4 Å². The first-order valence-corrected chi connectivity index (χ1v) is 7.98. The number of nitrogens with two attached hydrogens (primary N) is 1. The SMILES string of the molecule is COc1ccc(S(=O)(=O)Nc2ccc(C(N)=O)cc2)cc1[N+](=O)[O-]. The fourth-order valence-corrected chi connectivity index (χ4v) is 2.97. The third-order valence-corrected chi connectivity index (χ3v) is 4.46. The number of carbonyl (C=O) groups is 1. The number of nitrogens with one attached hydrogen (secondary N) is 1. The van der Waals surface area contributed by atoms with Crippen molar-refractivity contribution in [3.05, 3.63) is 58.1 Å². The zero-order valence-electron chi connectivity index (χ0n) is 12.4. The normalized spacial score (nSPS) is 10.9. The lowest BCUT2D eigenvalue weighted by Gasteiger charge is -2.09. The quantitative estimate of drug-likeness (QED) is 0.596. The van der Waals surface area contributed by atoms with E-state index in [0.717, 1.165) is 6.07 Å². The summed E-state index contributed by atoms with van der Waals surface area (Å²) >= 11 is 0. The van der Waals surface area contributed by atoms with Gasteiger partial charge in [0, 0.05) is 17.3 Å². The van der Waals surface area contributed by atoms with Crippen LogP contribution < -0.4 is 15.2 Å². The van der Waals surface area contributed by atoms with E-state index in [1.807, 2.05) is 0 Å². The van der Waals surface area contributed by atoms with E-state index in [4.69, 9.17) is 10.5 Å². The van der Waals surface area contributed by atoms with E-state index < -0.39 is 26.5 Å². The largest absolute Gasteiger partial charge is 0.490 e. The molecule has 1 amide bonds. The number of methoxy groups -OCH3 is 1. The van der Waals surface area contributed by atoms with Gasteiger partial charge in [0.05, 0.1) is 16.9 Å². The van der Waals surface area contributed by atoms with Crippen LogP contribution in [0.5, 0.6) is 5.75 Å². The second-order valence-corrected chi connectivity index (χ2v) is 6.32. The molecule has 126 valence electrons. The molecule has 2 rings (SSSR count). The molecule has 0 aliphatic carbocycles. The number of nitro groups is 1. The minimum Gasteiger partial charge on any atom is -0.490 e. The highest BCUT2D eigenvalue weighted by atomic mass is 32.2. The third-order valence-electron chi connectivity index (χ3n) is 3.08. The van der Waals surface area contributed by atoms with Gasteiger partial charge >= 0.3 is 5.69 Å². The summed E-state index contributed by atoms with van der Waals surface area (Å²) in [5.74, 6) is -0.694. The fraction of sp³-hybridized carbons (Fsp3) is 0.0714. The summed E-state index contributed by atoms with van der Waals surface area (Å²) < 4.78 is 31.7. The van der Waals surface area contributed by atoms with Crippen molar-refractivity contribution < 1.29 is 22.9 Å². The Hall–Kier alpha value is -3.14. The van der Waals surface area contributed by atoms with Crippen molar-refractivity contribution in [2.75, 3.05) is 11.8 Å². The van der Waals surface area contributed by atoms with Crippen molar-refractivity contribution in [2.45, 2.75) is 4.90 Å². The Morgan fingerprint density at radius 1 is 1.21 bits per heavy atom. The molecule has 10 heteroatoms. The van der Waals surface area contributed by atoms with Gasteiger partial charge in [-0.25, -0.2) is 8.42 Å². The van der Waals surface area contributed by atoms with Crippen molar-refractivity contribution in [2.24, 2.45) is 5.73 Å². The summed E-state index contributed by atoms with van der Waals surface area (Å²) in [6, 6.07) is 8.71. The molecule has 3 N–H and O–H groups in total. The number of amides is 1. The minimum absolute atomic E-state index is 0.0511. The fourth-order valence-electron chi connectivity index (χ4n) is 1.90. The van der Waals surface area contributed by atoms with E-state index in [9.17, 15) is 23.3 Å². The van der Waals surface area contributed by atoms with E-state index in [1.54, 1.807) is 0 Å². The molecule has 0 saturated heterocycles. The van der Waals surface area contributed by atoms with Gasteiger partial charge in [-0.05, 0) is 36.4 Å². The van der Waals surface area contributed by atoms with Crippen molar-refractivity contribution >= 4 is 27.3 Å². The summed E-state index contributed by atoms with van der Waals surface area (Å²) in [5.41, 5.74) is 5.03. The molecule has 0 saturated carbocycles. The van der Waals surface area contributed by atoms with Gasteiger partial charge in [0.15, 0.2) is 5.75 Å². The highest BCUT2D eigenvalue weighted by Gasteiger charge is 2.22. The topological polar surface area (TPSA) is 142 Å². The van der Waals surface area contributed by atoms with Crippen molar-refractivity contribution in [1.82, 2.24) is 0 Å². The van der Waals surface area contributed by atoms with Crippen LogP contribution in [0.25, 0.3) is 0 Å². The smallest absolute Gasteiger partial charge is 0.312 e. The third kappa shape index (κ3) is 3.60. The molecule has 2 aromatic carbocycles. The van der Waals surface area contributed by atoms with E-state index in [1.165, 1.54) is 43.5 Å². The molecule has 0 aliphatic heterocycles. The first-order valence-electron chi connectivity index (χ1n) is 6.49. The molecule has 0 heterocycles. The summed E-state index contributed by atoms with van der Waals surface area (Å²) in [6.07, 6.45) is 0. The highest BCUT2D eigenvalue weighted by molar-refractivity contribution is 7.92. The second kappa shape index (κ2) is 6.54. The molecule has 9 nitrogen and oxygen atoms in total. The molecule has 0 atom stereocenters. The lowest BCUT2D eigenvalue weighted by molar-refractivity contribution is -0.386. The molecule has 2 aromatic rings. The van der Waals surface area contributed by atoms with Gasteiger partial charge in [-0.15, -0.1) is 0 Å². The number of carbonyl (C=O) groups excluding carboxylic acids is 1. The molecular formula is C14H13N3O6S. The number of hydrogen-bond donors (Lipinski definition) is 2. The number of sulfonamides is 1. The average Bonchev–Trinajstić information content (AvgIpc) is 2.54. The number of primary amides is 1. The lowest BCUT2D eigenvalue weighted by Crippen LogP contribution is -2.14. The predicted molar refractivity (Wildman–Crippen MR) is 85.4 cm³/mol. The first-order chi connectivity index (χ1) is 11.2. The molecule has 0 spiro atoms. The predicted octanol–water partition coefficient (Wildman–Crippen LogP) is 1.50. The number of benzene rings is 2. The van der Waals surface area contributed by atoms with Crippen LogP contribution in [-0.2, 0) is 10.0 Å². The summed E-state index contributed by atoms with van der Waals surface area (Å²) in [4.78, 5) is 20.9. The Kier molecular flexibility index (Phi) is 4.69. The Bertz CT molecular complexity index is 893. The average molecular weight is 351 g/mol. The monoisotopic (exact) mass is 351 g/mol. The van der Waals surface area contributed by atoms with E-state index in [0.29, 0.717) is 0 Å². The Balaban J connectivity index is 2.35. The summed E-state index contributed by atoms with van der Waals surface area (Å²) in [6.45, 7) is 0. The van der Waals surface area contributed by atoms with E-state index >= 15 is 0 Å². The molecule has 0 radical (unpaired) electrons. The Morgan fingerprint density at radius 2 is 1.83 bits per heavy atom. The second-order valence-electron chi connectivity index (χ2n) is 4.64. The van der Waals surface area contributed by atoms with Gasteiger partial charge in [-0.3, -0.25) is 19.6 Å². The van der Waals surface area contributed by atoms with Crippen LogP contribution in [0.1, 0.15) is 10.4 Å². The van der Waals surface area contributed by atoms with E-state index in [-0.39, 0.29) is 21.9 Å². The number of hydrogen-bond acceptors (Lipinski definition) is 6. The van der Waals surface area contributed by atoms with Crippen molar-refractivity contribution in [3.8, 4) is 5.75 Å². The van der Waals surface area contributed by atoms with Crippen LogP contribution in [-0.4, -0.2) is 26.4 Å². The number of anilines is 1. The molecule has 0 bridgehead atoms. The number of nitro benzene ring substituents is 1. The van der Waals surface area contributed by atoms with Crippen molar-refractivity contribution in [1.29, 1.82) is 0 Å². The maximum absolute atomic E-state index is 12.3. The number of rotatable bonds is 6. The Labute approximate surface area is 137 Å². The molecule has 0 fully saturated rings. The summed E-state index contributed by atoms with van der Waals surface area (Å²) in [5, 5.41) is 11.0. The molecular weight excluding hydrogens is 338 g/mol. The van der Waals surface area contributed by atoms with Crippen LogP contribution in [0.3, 0.4) is 0 Å². The van der Waals surface area contributed by atoms with Crippen molar-refractivity contribution in [3.63, 3.8) is 0 Å². The van der Waals surface area contributed by atoms with Crippen LogP contribution in [0.2, 0.25) is 0 Å². The summed E-state index contributed by atoms with van der Waals surface area (Å²) in [7, 11) is -2.81. The zero-order chi connectivity index (χ0) is 17.9. The standard InChI is InChI=1S/C14H13N3O6S/c1-23-13-7-6-11(8-12(13)17(19)20)24(21,22)16-10-4-2-9(3-5-10)14(15)18/h2-8,16H,1H3,(H2,15,18). The van der Waals surface area contributed by atoms with Crippen LogP contribution >= 0.6 is 0 Å². The highest BCUT2D eigenvalue weighted by Crippen LogP contribution is 2.30. The first kappa shape index (κ1) is 17.2. The van der Waals surface area contributed by atoms with Crippen LogP contribution in [0.4, 0.5) is 11.4 Å². The maximum atomic E-state index is 12.3. The van der Waals surface area contributed by atoms with Gasteiger partial charge in [-0.1, -0.05) is 0 Å².